The summed E-state index contributed by atoms with van der Waals surface area (Å²) in [5.74, 6) is -2.10. The molecule has 0 atom stereocenters. The Morgan fingerprint density at radius 1 is 1.13 bits per heavy atom. The number of aliphatic hydroxyl groups is 2. The van der Waals surface area contributed by atoms with E-state index in [1.54, 1.807) is 50.1 Å². The van der Waals surface area contributed by atoms with E-state index in [1.165, 1.54) is 10.7 Å². The number of rotatable bonds is 8. The van der Waals surface area contributed by atoms with E-state index in [0.717, 1.165) is 13.2 Å². The largest absolute Gasteiger partial charge is 0.496 e. The summed E-state index contributed by atoms with van der Waals surface area (Å²) < 4.78 is 79.5. The highest BCUT2D eigenvalue weighted by Crippen LogP contribution is 2.43. The lowest BCUT2D eigenvalue weighted by Crippen LogP contribution is -2.70. The molecule has 5 rings (SSSR count). The van der Waals surface area contributed by atoms with Crippen molar-refractivity contribution in [2.24, 2.45) is 7.05 Å². The third-order valence-electron chi connectivity index (χ3n) is 7.28. The second kappa shape index (κ2) is 11.0. The normalized spacial score (nSPS) is 14.9. The Kier molecular flexibility index (Phi) is 7.74. The lowest BCUT2D eigenvalue weighted by molar-refractivity contribution is -0.294. The van der Waals surface area contributed by atoms with Gasteiger partial charge in [-0.15, -0.1) is 0 Å². The van der Waals surface area contributed by atoms with E-state index in [9.17, 15) is 42.2 Å². The maximum atomic E-state index is 13.5. The van der Waals surface area contributed by atoms with E-state index in [4.69, 9.17) is 4.74 Å². The standard InChI is InChI=1S/C29H27F5N6O5/c1-27(2,42)12-40-11-18(10-36-40)15-5-17(9-35)22-19(6-15)37-38(3)24(22)16-7-20(44-4)23(21(8-16)45-26(30)31)25(41)39-13-28(43,14-39)29(32,33)34/h5-8,10-11,26,42-43H,12-14H2,1-4H3. The fraction of sp³-hybridized carbons (Fsp3) is 0.379. The number of likely N-dealkylation sites (tertiary alicyclic amines) is 1. The molecular formula is C29H27F5N6O5. The number of halogens is 5. The number of methoxy groups -OCH3 is 1. The Morgan fingerprint density at radius 2 is 1.80 bits per heavy atom. The van der Waals surface area contributed by atoms with Crippen molar-refractivity contribution < 1.29 is 46.4 Å². The van der Waals surface area contributed by atoms with E-state index in [2.05, 4.69) is 21.0 Å². The number of hydrogen-bond donors (Lipinski definition) is 2. The van der Waals surface area contributed by atoms with Crippen LogP contribution in [0, 0.1) is 11.3 Å². The van der Waals surface area contributed by atoms with Gasteiger partial charge in [0, 0.05) is 29.8 Å². The predicted octanol–water partition coefficient (Wildman–Crippen LogP) is 4.11. The summed E-state index contributed by atoms with van der Waals surface area (Å²) in [5.41, 5.74) is -2.51. The Labute approximate surface area is 252 Å². The number of β-amino-alcohol motifs (C(OH)–C–C–N with tert-alkyl or cyclic N) is 1. The van der Waals surface area contributed by atoms with Crippen LogP contribution in [0.25, 0.3) is 33.3 Å². The number of nitrogens with zero attached hydrogens (tertiary/aromatic N) is 6. The Balaban J connectivity index is 1.60. The topological polar surface area (TPSA) is 139 Å². The van der Waals surface area contributed by atoms with E-state index >= 15 is 0 Å². The average molecular weight is 635 g/mol. The number of hydrogen-bond acceptors (Lipinski definition) is 8. The van der Waals surface area contributed by atoms with Crippen LogP contribution < -0.4 is 9.47 Å². The van der Waals surface area contributed by atoms with E-state index in [-0.39, 0.29) is 29.1 Å². The van der Waals surface area contributed by atoms with Crippen molar-refractivity contribution in [1.29, 1.82) is 5.26 Å². The second-order valence-corrected chi connectivity index (χ2v) is 11.4. The van der Waals surface area contributed by atoms with Crippen molar-refractivity contribution in [3.63, 3.8) is 0 Å². The number of ether oxygens (including phenoxy) is 2. The minimum Gasteiger partial charge on any atom is -0.496 e. The molecule has 0 radical (unpaired) electrons. The first-order valence-corrected chi connectivity index (χ1v) is 13.4. The molecule has 0 bridgehead atoms. The fourth-order valence-electron chi connectivity index (χ4n) is 5.26. The molecule has 0 saturated carbocycles. The Morgan fingerprint density at radius 3 is 2.38 bits per heavy atom. The molecule has 1 aliphatic heterocycles. The van der Waals surface area contributed by atoms with E-state index < -0.39 is 54.3 Å². The van der Waals surface area contributed by atoms with Crippen molar-refractivity contribution in [1.82, 2.24) is 24.5 Å². The van der Waals surface area contributed by atoms with E-state index in [0.29, 0.717) is 26.9 Å². The van der Waals surface area contributed by atoms with Gasteiger partial charge >= 0.3 is 12.8 Å². The zero-order valence-corrected chi connectivity index (χ0v) is 24.4. The number of amides is 1. The van der Waals surface area contributed by atoms with Gasteiger partial charge in [-0.25, -0.2) is 0 Å². The summed E-state index contributed by atoms with van der Waals surface area (Å²) in [6.07, 6.45) is -1.73. The van der Waals surface area contributed by atoms with Gasteiger partial charge in [-0.1, -0.05) is 0 Å². The SMILES string of the molecule is COc1cc(-c2c3c(C#N)cc(-c4cnn(CC(C)(C)O)c4)cc3nn2C)cc(OC(F)F)c1C(=O)N1CC(O)(C(F)(F)F)C1. The first kappa shape index (κ1) is 31.7. The summed E-state index contributed by atoms with van der Waals surface area (Å²) >= 11 is 0. The maximum Gasteiger partial charge on any atom is 0.420 e. The van der Waals surface area contributed by atoms with Crippen LogP contribution in [0.3, 0.4) is 0 Å². The van der Waals surface area contributed by atoms with Crippen molar-refractivity contribution in [2.75, 3.05) is 20.2 Å². The number of fused-ring (bicyclic) bond motifs is 1. The molecular weight excluding hydrogens is 607 g/mol. The summed E-state index contributed by atoms with van der Waals surface area (Å²) in [5, 5.41) is 39.1. The quantitative estimate of drug-likeness (QED) is 0.276. The zero-order valence-electron chi connectivity index (χ0n) is 24.4. The molecule has 4 aromatic rings. The maximum absolute atomic E-state index is 13.5. The Hall–Kier alpha value is -4.75. The summed E-state index contributed by atoms with van der Waals surface area (Å²) in [7, 11) is 2.69. The Bertz CT molecular complexity index is 1830. The number of aryl methyl sites for hydroxylation is 1. The third-order valence-corrected chi connectivity index (χ3v) is 7.28. The molecule has 45 heavy (non-hydrogen) atoms. The molecule has 0 unspecified atom stereocenters. The summed E-state index contributed by atoms with van der Waals surface area (Å²) in [6.45, 7) is -2.14. The molecule has 1 saturated heterocycles. The number of benzene rings is 2. The number of alkyl halides is 5. The lowest BCUT2D eigenvalue weighted by Gasteiger charge is -2.47. The van der Waals surface area contributed by atoms with Crippen LogP contribution in [0.4, 0.5) is 22.0 Å². The van der Waals surface area contributed by atoms with Crippen LogP contribution in [0.5, 0.6) is 11.5 Å². The minimum atomic E-state index is -5.00. The smallest absolute Gasteiger partial charge is 0.420 e. The van der Waals surface area contributed by atoms with Crippen LogP contribution in [-0.2, 0) is 13.6 Å². The van der Waals surface area contributed by atoms with Crippen molar-refractivity contribution in [3.05, 3.63) is 47.8 Å². The third kappa shape index (κ3) is 5.88. The summed E-state index contributed by atoms with van der Waals surface area (Å²) in [4.78, 5) is 13.9. The molecule has 1 amide bonds. The lowest BCUT2D eigenvalue weighted by atomic mass is 9.92. The van der Waals surface area contributed by atoms with Gasteiger partial charge in [0.2, 0.25) is 0 Å². The molecule has 1 aliphatic rings. The second-order valence-electron chi connectivity index (χ2n) is 11.4. The molecule has 11 nitrogen and oxygen atoms in total. The molecule has 2 aromatic carbocycles. The van der Waals surface area contributed by atoms with Crippen molar-refractivity contribution in [3.8, 4) is 40.0 Å². The van der Waals surface area contributed by atoms with Gasteiger partial charge in [-0.3, -0.25) is 14.2 Å². The summed E-state index contributed by atoms with van der Waals surface area (Å²) in [6, 6.07) is 7.80. The molecule has 2 N–H and O–H groups in total. The number of carbonyl (C=O) groups is 1. The zero-order chi connectivity index (χ0) is 33.1. The molecule has 0 aliphatic carbocycles. The minimum absolute atomic E-state index is 0.154. The van der Waals surface area contributed by atoms with Crippen molar-refractivity contribution in [2.45, 2.75) is 44.4 Å². The number of nitriles is 1. The van der Waals surface area contributed by atoms with Gasteiger partial charge in [-0.2, -0.15) is 37.4 Å². The molecule has 16 heteroatoms. The average Bonchev–Trinajstić information content (AvgIpc) is 3.51. The van der Waals surface area contributed by atoms with E-state index in [1.807, 2.05) is 0 Å². The molecule has 3 heterocycles. The van der Waals surface area contributed by atoms with Gasteiger partial charge in [-0.05, 0) is 43.7 Å². The molecule has 0 spiro atoms. The van der Waals surface area contributed by atoms with Gasteiger partial charge in [0.25, 0.3) is 5.91 Å². The number of carbonyl (C=O) groups excluding carboxylic acids is 1. The van der Waals surface area contributed by atoms with Gasteiger partial charge in [0.15, 0.2) is 5.60 Å². The first-order chi connectivity index (χ1) is 20.9. The van der Waals surface area contributed by atoms with Gasteiger partial charge < -0.3 is 24.6 Å². The van der Waals surface area contributed by atoms with Gasteiger partial charge in [0.1, 0.15) is 17.1 Å². The molecule has 2 aromatic heterocycles. The highest BCUT2D eigenvalue weighted by molar-refractivity contribution is 6.04. The molecule has 1 fully saturated rings. The monoisotopic (exact) mass is 634 g/mol. The van der Waals surface area contributed by atoms with Crippen LogP contribution >= 0.6 is 0 Å². The van der Waals surface area contributed by atoms with Crippen LogP contribution in [0.2, 0.25) is 0 Å². The van der Waals surface area contributed by atoms with Crippen LogP contribution in [0.1, 0.15) is 29.8 Å². The number of aromatic nitrogens is 4. The van der Waals surface area contributed by atoms with Gasteiger partial charge in [0.05, 0.1) is 61.4 Å². The first-order valence-electron chi connectivity index (χ1n) is 13.4. The predicted molar refractivity (Wildman–Crippen MR) is 148 cm³/mol. The fourth-order valence-corrected chi connectivity index (χ4v) is 5.26. The van der Waals surface area contributed by atoms with Crippen LogP contribution in [-0.4, -0.2) is 84.8 Å². The highest BCUT2D eigenvalue weighted by atomic mass is 19.4. The van der Waals surface area contributed by atoms with Crippen LogP contribution in [0.15, 0.2) is 36.7 Å². The highest BCUT2D eigenvalue weighted by Gasteiger charge is 2.62. The van der Waals surface area contributed by atoms with Crippen molar-refractivity contribution >= 4 is 16.8 Å². The molecule has 238 valence electrons.